The molecule has 0 atom stereocenters. The Balaban J connectivity index is 4.34. The van der Waals surface area contributed by atoms with Crippen molar-refractivity contribution >= 4 is 11.9 Å². The fraction of sp³-hybridized carbons (Fsp3) is 0.625. The average molecular weight is 282 g/mol. The van der Waals surface area contributed by atoms with Crippen molar-refractivity contribution in [2.45, 2.75) is 52.9 Å². The van der Waals surface area contributed by atoms with Gasteiger partial charge in [-0.2, -0.15) is 0 Å². The van der Waals surface area contributed by atoms with Crippen molar-refractivity contribution < 1.29 is 19.1 Å². The molecule has 0 aromatic rings. The normalized spacial score (nSPS) is 11.7. The van der Waals surface area contributed by atoms with Gasteiger partial charge in [0.25, 0.3) is 0 Å². The van der Waals surface area contributed by atoms with Crippen LogP contribution in [0.25, 0.3) is 0 Å². The molecule has 0 saturated heterocycles. The molecule has 4 heteroatoms. The number of carbonyl (C=O) groups is 2. The fourth-order valence-electron chi connectivity index (χ4n) is 1.69. The zero-order chi connectivity index (χ0) is 15.2. The van der Waals surface area contributed by atoms with Gasteiger partial charge in [-0.05, 0) is 46.5 Å². The number of hydrogen-bond donors (Lipinski definition) is 0. The standard InChI is InChI=1S/C16H26O4/c1-4-7-8-9-11-14(16(18)20-6-3)12-10-13-15(17)19-5-2/h4,7,12H,5-6,8-11,13H2,1-3H3. The first-order chi connectivity index (χ1) is 9.65. The van der Waals surface area contributed by atoms with Gasteiger partial charge in [0.2, 0.25) is 0 Å². The minimum atomic E-state index is -0.281. The highest BCUT2D eigenvalue weighted by Gasteiger charge is 2.10. The van der Waals surface area contributed by atoms with E-state index in [1.807, 2.05) is 13.0 Å². The summed E-state index contributed by atoms with van der Waals surface area (Å²) >= 11 is 0. The van der Waals surface area contributed by atoms with Gasteiger partial charge in [-0.3, -0.25) is 4.79 Å². The minimum Gasteiger partial charge on any atom is -0.466 e. The quantitative estimate of drug-likeness (QED) is 0.266. The van der Waals surface area contributed by atoms with E-state index < -0.39 is 0 Å². The summed E-state index contributed by atoms with van der Waals surface area (Å²) in [4.78, 5) is 23.0. The summed E-state index contributed by atoms with van der Waals surface area (Å²) in [5.74, 6) is -0.516. The van der Waals surface area contributed by atoms with Gasteiger partial charge in [0, 0.05) is 12.0 Å². The second-order valence-corrected chi connectivity index (χ2v) is 4.25. The fourth-order valence-corrected chi connectivity index (χ4v) is 1.69. The third-order valence-electron chi connectivity index (χ3n) is 2.63. The highest BCUT2D eigenvalue weighted by molar-refractivity contribution is 5.88. The number of carbonyl (C=O) groups excluding carboxylic acids is 2. The lowest BCUT2D eigenvalue weighted by Crippen LogP contribution is -2.08. The molecule has 0 bridgehead atoms. The molecule has 20 heavy (non-hydrogen) atoms. The molecule has 0 aromatic carbocycles. The summed E-state index contributed by atoms with van der Waals surface area (Å²) in [6, 6.07) is 0. The molecule has 0 fully saturated rings. The summed E-state index contributed by atoms with van der Waals surface area (Å²) in [6.45, 7) is 6.29. The first kappa shape index (κ1) is 18.4. The van der Waals surface area contributed by atoms with Crippen LogP contribution in [-0.4, -0.2) is 25.2 Å². The Morgan fingerprint density at radius 2 is 1.70 bits per heavy atom. The van der Waals surface area contributed by atoms with E-state index in [2.05, 4.69) is 6.08 Å². The van der Waals surface area contributed by atoms with Gasteiger partial charge >= 0.3 is 11.9 Å². The van der Waals surface area contributed by atoms with E-state index in [1.54, 1.807) is 19.9 Å². The maximum Gasteiger partial charge on any atom is 0.333 e. The molecule has 0 heterocycles. The topological polar surface area (TPSA) is 52.6 Å². The molecule has 0 aliphatic carbocycles. The molecule has 0 spiro atoms. The summed E-state index contributed by atoms with van der Waals surface area (Å²) < 4.78 is 9.88. The Labute approximate surface area is 121 Å². The molecule has 0 N–H and O–H groups in total. The second-order valence-electron chi connectivity index (χ2n) is 4.25. The van der Waals surface area contributed by atoms with Crippen molar-refractivity contribution in [1.29, 1.82) is 0 Å². The molecule has 0 unspecified atom stereocenters. The molecular formula is C16H26O4. The van der Waals surface area contributed by atoms with E-state index in [1.165, 1.54) is 0 Å². The van der Waals surface area contributed by atoms with Crippen molar-refractivity contribution in [3.8, 4) is 0 Å². The molecule has 4 nitrogen and oxygen atoms in total. The maximum absolute atomic E-state index is 11.8. The maximum atomic E-state index is 11.8. The lowest BCUT2D eigenvalue weighted by Gasteiger charge is -2.06. The van der Waals surface area contributed by atoms with Gasteiger partial charge in [-0.25, -0.2) is 4.79 Å². The Bertz CT molecular complexity index is 342. The van der Waals surface area contributed by atoms with Crippen LogP contribution < -0.4 is 0 Å². The Hall–Kier alpha value is -1.58. The molecule has 0 radical (unpaired) electrons. The van der Waals surface area contributed by atoms with Crippen molar-refractivity contribution in [3.05, 3.63) is 23.8 Å². The molecule has 0 amide bonds. The van der Waals surface area contributed by atoms with Crippen molar-refractivity contribution in [2.24, 2.45) is 0 Å². The Kier molecular flexibility index (Phi) is 11.5. The van der Waals surface area contributed by atoms with Gasteiger partial charge < -0.3 is 9.47 Å². The third kappa shape index (κ3) is 9.36. The van der Waals surface area contributed by atoms with E-state index >= 15 is 0 Å². The number of esters is 2. The van der Waals surface area contributed by atoms with Crippen LogP contribution in [-0.2, 0) is 19.1 Å². The molecule has 0 rings (SSSR count). The molecule has 0 aliphatic rings. The zero-order valence-corrected chi connectivity index (χ0v) is 12.8. The van der Waals surface area contributed by atoms with E-state index in [9.17, 15) is 9.59 Å². The van der Waals surface area contributed by atoms with E-state index in [0.717, 1.165) is 12.8 Å². The van der Waals surface area contributed by atoms with Gasteiger partial charge in [-0.15, -0.1) is 0 Å². The summed E-state index contributed by atoms with van der Waals surface area (Å²) in [7, 11) is 0. The summed E-state index contributed by atoms with van der Waals surface area (Å²) in [5, 5.41) is 0. The summed E-state index contributed by atoms with van der Waals surface area (Å²) in [6.07, 6.45) is 9.17. The largest absolute Gasteiger partial charge is 0.466 e. The van der Waals surface area contributed by atoms with Crippen LogP contribution in [0.5, 0.6) is 0 Å². The van der Waals surface area contributed by atoms with Gasteiger partial charge in [0.05, 0.1) is 13.2 Å². The molecular weight excluding hydrogens is 256 g/mol. The van der Waals surface area contributed by atoms with Crippen LogP contribution in [0.3, 0.4) is 0 Å². The SMILES string of the molecule is CC=CCCCC(=CCCC(=O)OCC)C(=O)OCC. The molecule has 0 aromatic heterocycles. The number of rotatable bonds is 10. The highest BCUT2D eigenvalue weighted by atomic mass is 16.5. The third-order valence-corrected chi connectivity index (χ3v) is 2.63. The van der Waals surface area contributed by atoms with E-state index in [0.29, 0.717) is 38.0 Å². The van der Waals surface area contributed by atoms with Crippen LogP contribution in [0, 0.1) is 0 Å². The lowest BCUT2D eigenvalue weighted by molar-refractivity contribution is -0.143. The first-order valence-corrected chi connectivity index (χ1v) is 7.28. The second kappa shape index (κ2) is 12.5. The van der Waals surface area contributed by atoms with Gasteiger partial charge in [-0.1, -0.05) is 18.2 Å². The highest BCUT2D eigenvalue weighted by Crippen LogP contribution is 2.12. The van der Waals surface area contributed by atoms with Gasteiger partial charge in [0.1, 0.15) is 0 Å². The van der Waals surface area contributed by atoms with Crippen LogP contribution in [0.4, 0.5) is 0 Å². The number of hydrogen-bond acceptors (Lipinski definition) is 4. The van der Waals surface area contributed by atoms with Crippen molar-refractivity contribution in [3.63, 3.8) is 0 Å². The van der Waals surface area contributed by atoms with Crippen LogP contribution in [0.2, 0.25) is 0 Å². The molecule has 0 aliphatic heterocycles. The Morgan fingerprint density at radius 1 is 1.00 bits per heavy atom. The number of ether oxygens (including phenoxy) is 2. The van der Waals surface area contributed by atoms with Crippen LogP contribution >= 0.6 is 0 Å². The smallest absolute Gasteiger partial charge is 0.333 e. The van der Waals surface area contributed by atoms with Crippen LogP contribution in [0.1, 0.15) is 52.9 Å². The first-order valence-electron chi connectivity index (χ1n) is 7.28. The predicted molar refractivity (Wildman–Crippen MR) is 79.2 cm³/mol. The number of unbranched alkanes of at least 4 members (excludes halogenated alkanes) is 1. The van der Waals surface area contributed by atoms with E-state index in [-0.39, 0.29) is 11.9 Å². The predicted octanol–water partition coefficient (Wildman–Crippen LogP) is 3.57. The van der Waals surface area contributed by atoms with Crippen molar-refractivity contribution in [1.82, 2.24) is 0 Å². The number of allylic oxidation sites excluding steroid dienone is 3. The zero-order valence-electron chi connectivity index (χ0n) is 12.8. The van der Waals surface area contributed by atoms with Crippen molar-refractivity contribution in [2.75, 3.05) is 13.2 Å². The van der Waals surface area contributed by atoms with Crippen LogP contribution in [0.15, 0.2) is 23.8 Å². The summed E-state index contributed by atoms with van der Waals surface area (Å²) in [5.41, 5.74) is 0.653. The minimum absolute atomic E-state index is 0.235. The molecule has 114 valence electrons. The lowest BCUT2D eigenvalue weighted by atomic mass is 10.1. The average Bonchev–Trinajstić information content (AvgIpc) is 2.42. The molecule has 0 saturated carbocycles. The monoisotopic (exact) mass is 282 g/mol. The van der Waals surface area contributed by atoms with Gasteiger partial charge in [0.15, 0.2) is 0 Å². The Morgan fingerprint density at radius 3 is 2.30 bits per heavy atom. The van der Waals surface area contributed by atoms with E-state index in [4.69, 9.17) is 9.47 Å².